The van der Waals surface area contributed by atoms with Crippen LogP contribution >= 0.6 is 0 Å². The maximum Gasteiger partial charge on any atom is 0.253 e. The van der Waals surface area contributed by atoms with Gasteiger partial charge in [0.25, 0.3) is 5.56 Å². The van der Waals surface area contributed by atoms with Crippen LogP contribution in [0.15, 0.2) is 23.4 Å². The van der Waals surface area contributed by atoms with E-state index in [1.807, 2.05) is 0 Å². The van der Waals surface area contributed by atoms with E-state index < -0.39 is 0 Å². The molecule has 0 spiro atoms. The Bertz CT molecular complexity index is 382. The Labute approximate surface area is 102 Å². The fraction of sp³-hybridized carbons (Fsp3) is 0.692. The maximum atomic E-state index is 11.4. The summed E-state index contributed by atoms with van der Waals surface area (Å²) in [6.07, 6.45) is 10.0. The van der Waals surface area contributed by atoms with Gasteiger partial charge in [0.05, 0.1) is 6.33 Å². The van der Waals surface area contributed by atoms with Crippen LogP contribution in [-0.4, -0.2) is 22.6 Å². The van der Waals surface area contributed by atoms with Gasteiger partial charge in [0, 0.05) is 25.4 Å². The molecule has 4 heteroatoms. The summed E-state index contributed by atoms with van der Waals surface area (Å²) in [5.74, 6) is 0.842. The quantitative estimate of drug-likeness (QED) is 0.785. The van der Waals surface area contributed by atoms with Crippen molar-refractivity contribution < 1.29 is 0 Å². The number of hydrogen-bond donors (Lipinski definition) is 1. The zero-order valence-corrected chi connectivity index (χ0v) is 10.3. The van der Waals surface area contributed by atoms with Gasteiger partial charge < -0.3 is 5.32 Å². The van der Waals surface area contributed by atoms with Crippen molar-refractivity contribution in [3.8, 4) is 0 Å². The topological polar surface area (TPSA) is 46.9 Å². The van der Waals surface area contributed by atoms with E-state index in [-0.39, 0.29) is 5.56 Å². The van der Waals surface area contributed by atoms with Gasteiger partial charge in [-0.3, -0.25) is 9.36 Å². The van der Waals surface area contributed by atoms with Crippen LogP contribution in [0.2, 0.25) is 0 Å². The molecule has 0 amide bonds. The molecule has 1 aromatic rings. The Morgan fingerprint density at radius 3 is 2.94 bits per heavy atom. The van der Waals surface area contributed by atoms with Crippen LogP contribution < -0.4 is 10.9 Å². The lowest BCUT2D eigenvalue weighted by Crippen LogP contribution is -2.30. The van der Waals surface area contributed by atoms with Crippen molar-refractivity contribution in [2.24, 2.45) is 5.92 Å². The molecule has 0 atom stereocenters. The summed E-state index contributed by atoms with van der Waals surface area (Å²) in [6, 6.07) is 1.50. The van der Waals surface area contributed by atoms with Gasteiger partial charge in [-0.1, -0.05) is 19.3 Å². The Hall–Kier alpha value is -1.16. The standard InChI is InChI=1S/C13H21N3O/c17-13-6-7-15-11-16(13)9-8-14-10-12-4-2-1-3-5-12/h6-7,11-12,14H,1-5,8-10H2. The SMILES string of the molecule is O=c1ccncn1CCNCC1CCCCC1. The molecule has 1 aromatic heterocycles. The molecule has 1 heterocycles. The van der Waals surface area contributed by atoms with E-state index in [4.69, 9.17) is 0 Å². The van der Waals surface area contributed by atoms with E-state index in [2.05, 4.69) is 10.3 Å². The Morgan fingerprint density at radius 2 is 2.18 bits per heavy atom. The Morgan fingerprint density at radius 1 is 1.35 bits per heavy atom. The van der Waals surface area contributed by atoms with Crippen molar-refractivity contribution >= 4 is 0 Å². The molecule has 1 aliphatic carbocycles. The Kier molecular flexibility index (Phi) is 4.74. The lowest BCUT2D eigenvalue weighted by molar-refractivity contribution is 0.340. The average molecular weight is 235 g/mol. The van der Waals surface area contributed by atoms with E-state index in [9.17, 15) is 4.79 Å². The zero-order chi connectivity index (χ0) is 11.9. The van der Waals surface area contributed by atoms with Gasteiger partial charge in [-0.25, -0.2) is 4.98 Å². The predicted octanol–water partition coefficient (Wildman–Crippen LogP) is 1.41. The van der Waals surface area contributed by atoms with Crippen molar-refractivity contribution in [2.45, 2.75) is 38.6 Å². The highest BCUT2D eigenvalue weighted by molar-refractivity contribution is 4.82. The molecule has 0 bridgehead atoms. The molecule has 1 aliphatic rings. The third-order valence-electron chi connectivity index (χ3n) is 3.48. The number of aromatic nitrogens is 2. The number of nitrogens with zero attached hydrogens (tertiary/aromatic N) is 2. The van der Waals surface area contributed by atoms with E-state index in [1.165, 1.54) is 44.4 Å². The van der Waals surface area contributed by atoms with Gasteiger partial charge in [0.2, 0.25) is 0 Å². The minimum absolute atomic E-state index is 0.0273. The van der Waals surface area contributed by atoms with Gasteiger partial charge in [-0.05, 0) is 25.3 Å². The second-order valence-electron chi connectivity index (χ2n) is 4.82. The van der Waals surface area contributed by atoms with Crippen molar-refractivity contribution in [3.05, 3.63) is 28.9 Å². The summed E-state index contributed by atoms with van der Waals surface area (Å²) >= 11 is 0. The molecule has 2 rings (SSSR count). The lowest BCUT2D eigenvalue weighted by Gasteiger charge is -2.21. The first-order valence-electron chi connectivity index (χ1n) is 6.57. The van der Waals surface area contributed by atoms with Crippen LogP contribution in [0.3, 0.4) is 0 Å². The molecule has 4 nitrogen and oxygen atoms in total. The monoisotopic (exact) mass is 235 g/mol. The minimum Gasteiger partial charge on any atom is -0.315 e. The molecule has 0 saturated heterocycles. The van der Waals surface area contributed by atoms with Crippen molar-refractivity contribution in [1.29, 1.82) is 0 Å². The first-order chi connectivity index (χ1) is 8.36. The van der Waals surface area contributed by atoms with Gasteiger partial charge in [-0.2, -0.15) is 0 Å². The first-order valence-corrected chi connectivity index (χ1v) is 6.57. The van der Waals surface area contributed by atoms with Gasteiger partial charge >= 0.3 is 0 Å². The summed E-state index contributed by atoms with van der Waals surface area (Å²) in [4.78, 5) is 15.4. The fourth-order valence-corrected chi connectivity index (χ4v) is 2.44. The summed E-state index contributed by atoms with van der Waals surface area (Å²) in [7, 11) is 0. The fourth-order valence-electron chi connectivity index (χ4n) is 2.44. The van der Waals surface area contributed by atoms with E-state index in [1.54, 1.807) is 10.9 Å². The highest BCUT2D eigenvalue weighted by Crippen LogP contribution is 2.22. The van der Waals surface area contributed by atoms with Crippen LogP contribution in [0, 0.1) is 5.92 Å². The van der Waals surface area contributed by atoms with Crippen molar-refractivity contribution in [3.63, 3.8) is 0 Å². The molecular formula is C13H21N3O. The number of nitrogens with one attached hydrogen (secondary N) is 1. The third-order valence-corrected chi connectivity index (χ3v) is 3.48. The molecule has 0 radical (unpaired) electrons. The molecule has 1 fully saturated rings. The highest BCUT2D eigenvalue weighted by Gasteiger charge is 2.12. The molecule has 0 aromatic carbocycles. The normalized spacial score (nSPS) is 17.2. The van der Waals surface area contributed by atoms with Gasteiger partial charge in [0.1, 0.15) is 0 Å². The number of rotatable bonds is 5. The predicted molar refractivity (Wildman–Crippen MR) is 67.9 cm³/mol. The largest absolute Gasteiger partial charge is 0.315 e. The highest BCUT2D eigenvalue weighted by atomic mass is 16.1. The second kappa shape index (κ2) is 6.55. The van der Waals surface area contributed by atoms with Crippen LogP contribution in [0.25, 0.3) is 0 Å². The maximum absolute atomic E-state index is 11.4. The van der Waals surface area contributed by atoms with Gasteiger partial charge in [-0.15, -0.1) is 0 Å². The first kappa shape index (κ1) is 12.3. The summed E-state index contributed by atoms with van der Waals surface area (Å²) in [6.45, 7) is 2.65. The van der Waals surface area contributed by atoms with Crippen molar-refractivity contribution in [2.75, 3.05) is 13.1 Å². The van der Waals surface area contributed by atoms with Crippen LogP contribution in [0.4, 0.5) is 0 Å². The zero-order valence-electron chi connectivity index (χ0n) is 10.3. The number of hydrogen-bond acceptors (Lipinski definition) is 3. The van der Waals surface area contributed by atoms with E-state index >= 15 is 0 Å². The summed E-state index contributed by atoms with van der Waals surface area (Å²) < 4.78 is 1.65. The molecule has 1 saturated carbocycles. The van der Waals surface area contributed by atoms with Crippen LogP contribution in [-0.2, 0) is 6.54 Å². The molecule has 0 unspecified atom stereocenters. The molecule has 0 aliphatic heterocycles. The van der Waals surface area contributed by atoms with Crippen molar-refractivity contribution in [1.82, 2.24) is 14.9 Å². The Balaban J connectivity index is 1.66. The smallest absolute Gasteiger partial charge is 0.253 e. The van der Waals surface area contributed by atoms with Crippen LogP contribution in [0.1, 0.15) is 32.1 Å². The average Bonchev–Trinajstić information content (AvgIpc) is 2.38. The van der Waals surface area contributed by atoms with Crippen LogP contribution in [0.5, 0.6) is 0 Å². The van der Waals surface area contributed by atoms with Gasteiger partial charge in [0.15, 0.2) is 0 Å². The van der Waals surface area contributed by atoms with E-state index in [0.717, 1.165) is 19.0 Å². The summed E-state index contributed by atoms with van der Waals surface area (Å²) in [5.41, 5.74) is 0.0273. The second-order valence-corrected chi connectivity index (χ2v) is 4.82. The lowest BCUT2D eigenvalue weighted by atomic mass is 9.89. The van der Waals surface area contributed by atoms with E-state index in [0.29, 0.717) is 6.54 Å². The summed E-state index contributed by atoms with van der Waals surface area (Å²) in [5, 5.41) is 3.44. The molecular weight excluding hydrogens is 214 g/mol. The minimum atomic E-state index is 0.0273. The molecule has 94 valence electrons. The third kappa shape index (κ3) is 3.97. The molecule has 1 N–H and O–H groups in total. The molecule has 17 heavy (non-hydrogen) atoms.